The van der Waals surface area contributed by atoms with Gasteiger partial charge in [0.25, 0.3) is 0 Å². The van der Waals surface area contributed by atoms with Crippen molar-refractivity contribution in [2.75, 3.05) is 6.61 Å². The Bertz CT molecular complexity index is 356. The summed E-state index contributed by atoms with van der Waals surface area (Å²) in [6, 6.07) is 9.88. The quantitative estimate of drug-likeness (QED) is 0.560. The lowest BCUT2D eigenvalue weighted by Crippen LogP contribution is -2.24. The largest absolute Gasteiger partial charge is 0.466 e. The van der Waals surface area contributed by atoms with Crippen molar-refractivity contribution >= 4 is 5.97 Å². The molecule has 2 heteroatoms. The van der Waals surface area contributed by atoms with E-state index in [9.17, 15) is 4.79 Å². The molecular weight excluding hydrogens is 200 g/mol. The molecule has 0 aliphatic rings. The maximum Gasteiger partial charge on any atom is 0.306 e. The monoisotopic (exact) mass is 218 g/mol. The SMILES string of the molecule is C=CC(C)(CC(=O)OCC)c1ccccc1. The van der Waals surface area contributed by atoms with Crippen molar-refractivity contribution in [3.05, 3.63) is 48.6 Å². The average molecular weight is 218 g/mol. The van der Waals surface area contributed by atoms with E-state index in [1.165, 1.54) is 0 Å². The third kappa shape index (κ3) is 2.96. The van der Waals surface area contributed by atoms with E-state index < -0.39 is 0 Å². The minimum Gasteiger partial charge on any atom is -0.466 e. The van der Waals surface area contributed by atoms with Crippen molar-refractivity contribution in [1.82, 2.24) is 0 Å². The Morgan fingerprint density at radius 2 is 2.06 bits per heavy atom. The second-order valence-corrected chi connectivity index (χ2v) is 3.97. The highest BCUT2D eigenvalue weighted by atomic mass is 16.5. The van der Waals surface area contributed by atoms with E-state index in [0.29, 0.717) is 13.0 Å². The fourth-order valence-electron chi connectivity index (χ4n) is 1.62. The van der Waals surface area contributed by atoms with Crippen LogP contribution < -0.4 is 0 Å². The molecule has 0 heterocycles. The van der Waals surface area contributed by atoms with E-state index in [1.54, 1.807) is 6.08 Å². The van der Waals surface area contributed by atoms with E-state index >= 15 is 0 Å². The first-order valence-electron chi connectivity index (χ1n) is 5.47. The van der Waals surface area contributed by atoms with Gasteiger partial charge < -0.3 is 4.74 Å². The van der Waals surface area contributed by atoms with Gasteiger partial charge in [-0.25, -0.2) is 0 Å². The molecule has 0 aliphatic carbocycles. The molecule has 0 bridgehead atoms. The van der Waals surface area contributed by atoms with Crippen LogP contribution in [-0.4, -0.2) is 12.6 Å². The predicted molar refractivity (Wildman–Crippen MR) is 65.2 cm³/mol. The second-order valence-electron chi connectivity index (χ2n) is 3.97. The van der Waals surface area contributed by atoms with Gasteiger partial charge in [0, 0.05) is 5.41 Å². The van der Waals surface area contributed by atoms with Gasteiger partial charge in [-0.2, -0.15) is 0 Å². The van der Waals surface area contributed by atoms with Crippen molar-refractivity contribution in [3.63, 3.8) is 0 Å². The van der Waals surface area contributed by atoms with Crippen molar-refractivity contribution in [2.45, 2.75) is 25.7 Å². The van der Waals surface area contributed by atoms with Gasteiger partial charge in [-0.3, -0.25) is 4.79 Å². The summed E-state index contributed by atoms with van der Waals surface area (Å²) in [6.45, 7) is 8.04. The first-order valence-corrected chi connectivity index (χ1v) is 5.47. The number of hydrogen-bond acceptors (Lipinski definition) is 2. The number of ether oxygens (including phenoxy) is 1. The number of allylic oxidation sites excluding steroid dienone is 1. The van der Waals surface area contributed by atoms with Crippen LogP contribution in [0.25, 0.3) is 0 Å². The highest BCUT2D eigenvalue weighted by Gasteiger charge is 2.26. The molecular formula is C14H18O2. The van der Waals surface area contributed by atoms with E-state index in [0.717, 1.165) is 5.56 Å². The Morgan fingerprint density at radius 1 is 1.44 bits per heavy atom. The first kappa shape index (κ1) is 12.5. The molecule has 0 amide bonds. The normalized spacial score (nSPS) is 13.9. The van der Waals surface area contributed by atoms with E-state index in [2.05, 4.69) is 6.58 Å². The molecule has 16 heavy (non-hydrogen) atoms. The second kappa shape index (κ2) is 5.50. The molecule has 1 aromatic carbocycles. The zero-order valence-electron chi connectivity index (χ0n) is 9.90. The predicted octanol–water partition coefficient (Wildman–Crippen LogP) is 3.08. The molecule has 0 N–H and O–H groups in total. The van der Waals surface area contributed by atoms with Crippen molar-refractivity contribution in [3.8, 4) is 0 Å². The Kier molecular flexibility index (Phi) is 4.29. The summed E-state index contributed by atoms with van der Waals surface area (Å²) in [5, 5.41) is 0. The van der Waals surface area contributed by atoms with E-state index in [1.807, 2.05) is 44.2 Å². The van der Waals surface area contributed by atoms with Crippen LogP contribution in [0.2, 0.25) is 0 Å². The van der Waals surface area contributed by atoms with Crippen LogP contribution in [0.3, 0.4) is 0 Å². The summed E-state index contributed by atoms with van der Waals surface area (Å²) in [7, 11) is 0. The van der Waals surface area contributed by atoms with E-state index in [4.69, 9.17) is 4.74 Å². The fraction of sp³-hybridized carbons (Fsp3) is 0.357. The number of carbonyl (C=O) groups is 1. The van der Waals surface area contributed by atoms with Crippen LogP contribution in [0.15, 0.2) is 43.0 Å². The number of hydrogen-bond donors (Lipinski definition) is 0. The molecule has 0 saturated carbocycles. The number of rotatable bonds is 5. The van der Waals surface area contributed by atoms with Crippen molar-refractivity contribution in [1.29, 1.82) is 0 Å². The van der Waals surface area contributed by atoms with Gasteiger partial charge in [0.2, 0.25) is 0 Å². The van der Waals surface area contributed by atoms with Gasteiger partial charge >= 0.3 is 5.97 Å². The van der Waals surface area contributed by atoms with Gasteiger partial charge in [0.05, 0.1) is 13.0 Å². The average Bonchev–Trinajstić information content (AvgIpc) is 2.30. The van der Waals surface area contributed by atoms with Crippen molar-refractivity contribution in [2.24, 2.45) is 0 Å². The molecule has 1 atom stereocenters. The van der Waals surface area contributed by atoms with Gasteiger partial charge in [0.1, 0.15) is 0 Å². The minimum atomic E-state index is -0.354. The highest BCUT2D eigenvalue weighted by molar-refractivity contribution is 5.72. The van der Waals surface area contributed by atoms with Gasteiger partial charge in [-0.15, -0.1) is 6.58 Å². The molecule has 0 aliphatic heterocycles. The summed E-state index contributed by atoms with van der Waals surface area (Å²) in [5.41, 5.74) is 0.728. The molecule has 0 spiro atoms. The molecule has 1 unspecified atom stereocenters. The van der Waals surface area contributed by atoms with Crippen molar-refractivity contribution < 1.29 is 9.53 Å². The summed E-state index contributed by atoms with van der Waals surface area (Å²) >= 11 is 0. The maximum atomic E-state index is 11.5. The fourth-order valence-corrected chi connectivity index (χ4v) is 1.62. The third-order valence-electron chi connectivity index (χ3n) is 2.70. The Labute approximate surface area is 96.9 Å². The summed E-state index contributed by atoms with van der Waals surface area (Å²) in [6.07, 6.45) is 2.13. The molecule has 1 rings (SSSR count). The van der Waals surface area contributed by atoms with Crippen LogP contribution in [0.1, 0.15) is 25.8 Å². The van der Waals surface area contributed by atoms with E-state index in [-0.39, 0.29) is 11.4 Å². The van der Waals surface area contributed by atoms with Crippen LogP contribution >= 0.6 is 0 Å². The standard InChI is InChI=1S/C14H18O2/c1-4-14(3,11-13(15)16-5-2)12-9-7-6-8-10-12/h4,6-10H,1,5,11H2,2-3H3. The number of carbonyl (C=O) groups excluding carboxylic acids is 1. The zero-order valence-corrected chi connectivity index (χ0v) is 9.90. The first-order chi connectivity index (χ1) is 7.62. The van der Waals surface area contributed by atoms with Gasteiger partial charge in [0.15, 0.2) is 0 Å². The lowest BCUT2D eigenvalue weighted by Gasteiger charge is -2.25. The molecule has 0 fully saturated rings. The molecule has 86 valence electrons. The summed E-state index contributed by atoms with van der Waals surface area (Å²) < 4.78 is 4.97. The molecule has 2 nitrogen and oxygen atoms in total. The highest BCUT2D eigenvalue weighted by Crippen LogP contribution is 2.28. The minimum absolute atomic E-state index is 0.186. The Morgan fingerprint density at radius 3 is 2.56 bits per heavy atom. The Balaban J connectivity index is 2.86. The lowest BCUT2D eigenvalue weighted by molar-refractivity contribution is -0.144. The number of esters is 1. The van der Waals surface area contributed by atoms with Gasteiger partial charge in [-0.05, 0) is 12.5 Å². The molecule has 0 radical (unpaired) electrons. The van der Waals surface area contributed by atoms with Crippen LogP contribution in [0.5, 0.6) is 0 Å². The summed E-state index contributed by atoms with van der Waals surface area (Å²) in [5.74, 6) is -0.186. The lowest BCUT2D eigenvalue weighted by atomic mass is 9.80. The van der Waals surface area contributed by atoms with Gasteiger partial charge in [-0.1, -0.05) is 43.3 Å². The maximum absolute atomic E-state index is 11.5. The molecule has 0 saturated heterocycles. The zero-order chi connectivity index (χ0) is 12.0. The Hall–Kier alpha value is -1.57. The third-order valence-corrected chi connectivity index (χ3v) is 2.70. The van der Waals surface area contributed by atoms with Crippen LogP contribution in [0.4, 0.5) is 0 Å². The number of benzene rings is 1. The topological polar surface area (TPSA) is 26.3 Å². The molecule has 0 aromatic heterocycles. The van der Waals surface area contributed by atoms with Crippen LogP contribution in [0, 0.1) is 0 Å². The van der Waals surface area contributed by atoms with Crippen LogP contribution in [-0.2, 0) is 14.9 Å². The smallest absolute Gasteiger partial charge is 0.306 e. The molecule has 1 aromatic rings. The summed E-state index contributed by atoms with van der Waals surface area (Å²) in [4.78, 5) is 11.5.